The van der Waals surface area contributed by atoms with E-state index in [0.29, 0.717) is 33.6 Å². The van der Waals surface area contributed by atoms with Crippen molar-refractivity contribution in [1.29, 1.82) is 0 Å². The number of halogens is 1. The molecule has 1 aliphatic heterocycles. The lowest BCUT2D eigenvalue weighted by Gasteiger charge is -2.17. The standard InChI is InChI=1S/C23H22ClN3O2S/c1-26(2)12-15-5-3-6-16(11-15)13-27-14-18-17(23(27)29)7-4-8-19(18)25-22(28)20-9-10-21(24)30-20/h3-11H,12-14H2,1-2H3,(H,25,28). The Morgan fingerprint density at radius 1 is 1.13 bits per heavy atom. The van der Waals surface area contributed by atoms with Gasteiger partial charge in [-0.2, -0.15) is 0 Å². The fraction of sp³-hybridized carbons (Fsp3) is 0.217. The van der Waals surface area contributed by atoms with Gasteiger partial charge in [0.15, 0.2) is 0 Å². The summed E-state index contributed by atoms with van der Waals surface area (Å²) >= 11 is 7.17. The monoisotopic (exact) mass is 439 g/mol. The Morgan fingerprint density at radius 2 is 1.90 bits per heavy atom. The molecule has 3 aromatic rings. The van der Waals surface area contributed by atoms with Crippen LogP contribution in [0, 0.1) is 0 Å². The number of hydrogen-bond acceptors (Lipinski definition) is 4. The molecule has 0 fully saturated rings. The van der Waals surface area contributed by atoms with Crippen molar-refractivity contribution in [3.63, 3.8) is 0 Å². The molecule has 1 aliphatic rings. The normalized spacial score (nSPS) is 13.1. The first-order valence-electron chi connectivity index (χ1n) is 9.61. The summed E-state index contributed by atoms with van der Waals surface area (Å²) in [5.74, 6) is -0.235. The Bertz CT molecular complexity index is 1110. The van der Waals surface area contributed by atoms with E-state index in [-0.39, 0.29) is 11.8 Å². The first-order valence-corrected chi connectivity index (χ1v) is 10.8. The molecule has 30 heavy (non-hydrogen) atoms. The number of thiophene rings is 1. The molecule has 0 aliphatic carbocycles. The van der Waals surface area contributed by atoms with Crippen LogP contribution in [0.4, 0.5) is 5.69 Å². The molecule has 2 aromatic carbocycles. The molecule has 1 aromatic heterocycles. The minimum atomic E-state index is -0.220. The Balaban J connectivity index is 1.52. The predicted octanol–water partition coefficient (Wildman–Crippen LogP) is 4.87. The zero-order valence-electron chi connectivity index (χ0n) is 16.8. The highest BCUT2D eigenvalue weighted by atomic mass is 35.5. The van der Waals surface area contributed by atoms with E-state index < -0.39 is 0 Å². The number of carbonyl (C=O) groups excluding carboxylic acids is 2. The molecule has 2 heterocycles. The molecule has 154 valence electrons. The van der Waals surface area contributed by atoms with E-state index in [2.05, 4.69) is 22.3 Å². The van der Waals surface area contributed by atoms with Gasteiger partial charge < -0.3 is 15.1 Å². The second kappa shape index (κ2) is 8.60. The van der Waals surface area contributed by atoms with Crippen LogP contribution in [0.2, 0.25) is 4.34 Å². The minimum Gasteiger partial charge on any atom is -0.330 e. The van der Waals surface area contributed by atoms with Crippen LogP contribution in [0.3, 0.4) is 0 Å². The largest absolute Gasteiger partial charge is 0.330 e. The lowest BCUT2D eigenvalue weighted by Crippen LogP contribution is -2.23. The number of anilines is 1. The van der Waals surface area contributed by atoms with Crippen molar-refractivity contribution >= 4 is 40.4 Å². The SMILES string of the molecule is CN(C)Cc1cccc(CN2Cc3c(NC(=O)c4ccc(Cl)s4)cccc3C2=O)c1. The second-order valence-electron chi connectivity index (χ2n) is 7.61. The molecule has 0 saturated carbocycles. The van der Waals surface area contributed by atoms with Gasteiger partial charge in [-0.25, -0.2) is 0 Å². The van der Waals surface area contributed by atoms with Crippen molar-refractivity contribution in [3.8, 4) is 0 Å². The van der Waals surface area contributed by atoms with Crippen molar-refractivity contribution in [2.45, 2.75) is 19.6 Å². The Hall–Kier alpha value is -2.67. The maximum Gasteiger partial charge on any atom is 0.265 e. The van der Waals surface area contributed by atoms with E-state index in [9.17, 15) is 9.59 Å². The van der Waals surface area contributed by atoms with Crippen LogP contribution in [0.5, 0.6) is 0 Å². The van der Waals surface area contributed by atoms with E-state index in [0.717, 1.165) is 17.7 Å². The highest BCUT2D eigenvalue weighted by Gasteiger charge is 2.30. The fourth-order valence-corrected chi connectivity index (χ4v) is 4.61. The van der Waals surface area contributed by atoms with Gasteiger partial charge in [0.2, 0.25) is 0 Å². The third-order valence-corrected chi connectivity index (χ3v) is 6.18. The van der Waals surface area contributed by atoms with Gasteiger partial charge in [-0.3, -0.25) is 9.59 Å². The van der Waals surface area contributed by atoms with Gasteiger partial charge in [-0.05, 0) is 49.5 Å². The fourth-order valence-electron chi connectivity index (χ4n) is 3.67. The minimum absolute atomic E-state index is 0.0155. The average Bonchev–Trinajstić information content (AvgIpc) is 3.27. The topological polar surface area (TPSA) is 52.6 Å². The molecule has 0 saturated heterocycles. The lowest BCUT2D eigenvalue weighted by molar-refractivity contribution is 0.0766. The molecule has 2 amide bonds. The van der Waals surface area contributed by atoms with E-state index in [4.69, 9.17) is 11.6 Å². The summed E-state index contributed by atoms with van der Waals surface area (Å²) in [7, 11) is 4.07. The second-order valence-corrected chi connectivity index (χ2v) is 9.32. The molecule has 5 nitrogen and oxygen atoms in total. The summed E-state index contributed by atoms with van der Waals surface area (Å²) < 4.78 is 0.566. The van der Waals surface area contributed by atoms with Gasteiger partial charge in [0, 0.05) is 36.4 Å². The first kappa shape index (κ1) is 20.6. The third-order valence-electron chi connectivity index (χ3n) is 4.95. The number of nitrogens with zero attached hydrogens (tertiary/aromatic N) is 2. The van der Waals surface area contributed by atoms with E-state index in [1.807, 2.05) is 43.3 Å². The summed E-state index contributed by atoms with van der Waals surface area (Å²) in [5.41, 5.74) is 4.46. The summed E-state index contributed by atoms with van der Waals surface area (Å²) in [4.78, 5) is 30.0. The number of nitrogens with one attached hydrogen (secondary N) is 1. The smallest absolute Gasteiger partial charge is 0.265 e. The summed E-state index contributed by atoms with van der Waals surface area (Å²) in [6.07, 6.45) is 0. The van der Waals surface area contributed by atoms with Crippen molar-refractivity contribution in [1.82, 2.24) is 9.80 Å². The van der Waals surface area contributed by atoms with Gasteiger partial charge in [-0.15, -0.1) is 11.3 Å². The molecule has 1 N–H and O–H groups in total. The maximum absolute atomic E-state index is 13.0. The first-order chi connectivity index (χ1) is 14.4. The van der Waals surface area contributed by atoms with Crippen LogP contribution in [0.1, 0.15) is 36.7 Å². The zero-order chi connectivity index (χ0) is 21.3. The van der Waals surface area contributed by atoms with Crippen molar-refractivity contribution < 1.29 is 9.59 Å². The van der Waals surface area contributed by atoms with Crippen LogP contribution in [-0.2, 0) is 19.6 Å². The van der Waals surface area contributed by atoms with E-state index >= 15 is 0 Å². The van der Waals surface area contributed by atoms with Gasteiger partial charge in [0.25, 0.3) is 11.8 Å². The molecular weight excluding hydrogens is 418 g/mol. The van der Waals surface area contributed by atoms with Crippen molar-refractivity contribution in [2.24, 2.45) is 0 Å². The molecule has 0 spiro atoms. The number of amides is 2. The summed E-state index contributed by atoms with van der Waals surface area (Å²) in [6.45, 7) is 1.85. The van der Waals surface area contributed by atoms with Gasteiger partial charge in [0.05, 0.1) is 9.21 Å². The molecular formula is C23H22ClN3O2S. The Morgan fingerprint density at radius 3 is 2.63 bits per heavy atom. The third kappa shape index (κ3) is 4.41. The highest BCUT2D eigenvalue weighted by molar-refractivity contribution is 7.18. The quantitative estimate of drug-likeness (QED) is 0.596. The molecule has 0 radical (unpaired) electrons. The molecule has 0 atom stereocenters. The Labute approximate surface area is 184 Å². The summed E-state index contributed by atoms with van der Waals surface area (Å²) in [6, 6.07) is 17.1. The number of benzene rings is 2. The molecule has 4 rings (SSSR count). The highest BCUT2D eigenvalue weighted by Crippen LogP contribution is 2.31. The molecule has 0 unspecified atom stereocenters. The molecule has 0 bridgehead atoms. The average molecular weight is 440 g/mol. The van der Waals surface area contributed by atoms with Crippen LogP contribution >= 0.6 is 22.9 Å². The van der Waals surface area contributed by atoms with Crippen molar-refractivity contribution in [2.75, 3.05) is 19.4 Å². The maximum atomic E-state index is 13.0. The van der Waals surface area contributed by atoms with Crippen LogP contribution in [-0.4, -0.2) is 35.7 Å². The van der Waals surface area contributed by atoms with E-state index in [1.54, 1.807) is 18.2 Å². The number of rotatable bonds is 6. The molecule has 7 heteroatoms. The van der Waals surface area contributed by atoms with Crippen LogP contribution in [0.25, 0.3) is 0 Å². The van der Waals surface area contributed by atoms with Gasteiger partial charge in [-0.1, -0.05) is 41.9 Å². The van der Waals surface area contributed by atoms with Crippen LogP contribution < -0.4 is 5.32 Å². The summed E-state index contributed by atoms with van der Waals surface area (Å²) in [5, 5.41) is 2.94. The number of fused-ring (bicyclic) bond motifs is 1. The lowest BCUT2D eigenvalue weighted by atomic mass is 10.1. The van der Waals surface area contributed by atoms with Crippen molar-refractivity contribution in [3.05, 3.63) is 86.1 Å². The zero-order valence-corrected chi connectivity index (χ0v) is 18.4. The number of hydrogen-bond donors (Lipinski definition) is 1. The van der Waals surface area contributed by atoms with Gasteiger partial charge >= 0.3 is 0 Å². The van der Waals surface area contributed by atoms with E-state index in [1.165, 1.54) is 16.9 Å². The number of carbonyl (C=O) groups is 2. The predicted molar refractivity (Wildman–Crippen MR) is 121 cm³/mol. The van der Waals surface area contributed by atoms with Gasteiger partial charge in [0.1, 0.15) is 0 Å². The Kier molecular flexibility index (Phi) is 5.90. The van der Waals surface area contributed by atoms with Crippen LogP contribution in [0.15, 0.2) is 54.6 Å².